The molecule has 1 fully saturated rings. The molecule has 1 aliphatic rings. The maximum atomic E-state index is 12.1. The molecule has 1 aliphatic heterocycles. The number of carbonyl (C=O) groups is 2. The van der Waals surface area contributed by atoms with Crippen molar-refractivity contribution in [1.29, 1.82) is 0 Å². The number of carbonyl (C=O) groups excluding carboxylic acids is 1. The molecule has 7 nitrogen and oxygen atoms in total. The molecule has 114 valence electrons. The van der Waals surface area contributed by atoms with Gasteiger partial charge in [-0.3, -0.25) is 9.88 Å². The molecule has 2 N–H and O–H groups in total. The van der Waals surface area contributed by atoms with Crippen molar-refractivity contribution in [2.24, 2.45) is 0 Å². The van der Waals surface area contributed by atoms with Crippen molar-refractivity contribution in [2.45, 2.75) is 13.3 Å². The van der Waals surface area contributed by atoms with Crippen LogP contribution < -0.4 is 5.32 Å². The predicted octanol–water partition coefficient (Wildman–Crippen LogP) is 1.34. The van der Waals surface area contributed by atoms with Crippen LogP contribution in [-0.4, -0.2) is 64.6 Å². The van der Waals surface area contributed by atoms with Crippen LogP contribution in [0, 0.1) is 0 Å². The summed E-state index contributed by atoms with van der Waals surface area (Å²) in [6, 6.07) is 1.19. The maximum Gasteiger partial charge on any atom is 0.337 e. The van der Waals surface area contributed by atoms with Crippen molar-refractivity contribution in [3.05, 3.63) is 24.0 Å². The van der Waals surface area contributed by atoms with E-state index in [1.165, 1.54) is 18.5 Å². The summed E-state index contributed by atoms with van der Waals surface area (Å²) in [6.45, 7) is 6.29. The Morgan fingerprint density at radius 3 is 2.62 bits per heavy atom. The van der Waals surface area contributed by atoms with Gasteiger partial charge in [0.15, 0.2) is 0 Å². The van der Waals surface area contributed by atoms with Crippen LogP contribution in [0.2, 0.25) is 0 Å². The van der Waals surface area contributed by atoms with Crippen LogP contribution in [-0.2, 0) is 0 Å². The zero-order valence-electron chi connectivity index (χ0n) is 12.1. The Morgan fingerprint density at radius 1 is 1.29 bits per heavy atom. The van der Waals surface area contributed by atoms with Gasteiger partial charge in [-0.1, -0.05) is 6.92 Å². The number of aromatic nitrogens is 1. The lowest BCUT2D eigenvalue weighted by molar-refractivity contribution is 0.0696. The van der Waals surface area contributed by atoms with Gasteiger partial charge in [-0.25, -0.2) is 9.59 Å². The van der Waals surface area contributed by atoms with Crippen LogP contribution in [0.25, 0.3) is 0 Å². The van der Waals surface area contributed by atoms with Crippen molar-refractivity contribution < 1.29 is 14.7 Å². The highest BCUT2D eigenvalue weighted by atomic mass is 16.4. The van der Waals surface area contributed by atoms with Crippen molar-refractivity contribution in [1.82, 2.24) is 14.8 Å². The van der Waals surface area contributed by atoms with E-state index in [4.69, 9.17) is 5.11 Å². The molecular weight excluding hydrogens is 272 g/mol. The first-order valence-corrected chi connectivity index (χ1v) is 7.06. The van der Waals surface area contributed by atoms with Crippen molar-refractivity contribution >= 4 is 17.7 Å². The van der Waals surface area contributed by atoms with E-state index < -0.39 is 5.97 Å². The summed E-state index contributed by atoms with van der Waals surface area (Å²) in [7, 11) is 0. The molecule has 7 heteroatoms. The third-order valence-corrected chi connectivity index (χ3v) is 3.44. The molecule has 2 rings (SSSR count). The molecule has 2 heterocycles. The second-order valence-electron chi connectivity index (χ2n) is 5.03. The molecule has 1 aromatic heterocycles. The predicted molar refractivity (Wildman–Crippen MR) is 78.5 cm³/mol. The lowest BCUT2D eigenvalue weighted by atomic mass is 10.2. The van der Waals surface area contributed by atoms with E-state index >= 15 is 0 Å². The standard InChI is InChI=1S/C14H20N4O3/c1-2-3-17-4-6-18(7-5-17)14(21)16-12-8-11(13(19)20)9-15-10-12/h8-10H,2-7H2,1H3,(H,16,21)(H,19,20). The van der Waals surface area contributed by atoms with Gasteiger partial charge in [0.1, 0.15) is 0 Å². The van der Waals surface area contributed by atoms with E-state index in [9.17, 15) is 9.59 Å². The minimum atomic E-state index is -1.06. The van der Waals surface area contributed by atoms with Gasteiger partial charge in [0.25, 0.3) is 0 Å². The van der Waals surface area contributed by atoms with E-state index in [0.717, 1.165) is 26.1 Å². The molecule has 0 saturated carbocycles. The molecular formula is C14H20N4O3. The Kier molecular flexibility index (Phi) is 5.10. The second kappa shape index (κ2) is 7.03. The zero-order chi connectivity index (χ0) is 15.2. The summed E-state index contributed by atoms with van der Waals surface area (Å²) in [5, 5.41) is 11.6. The topological polar surface area (TPSA) is 85.8 Å². The summed E-state index contributed by atoms with van der Waals surface area (Å²) in [4.78, 5) is 30.9. The van der Waals surface area contributed by atoms with E-state index in [1.807, 2.05) is 0 Å². The fourth-order valence-electron chi connectivity index (χ4n) is 2.32. The van der Waals surface area contributed by atoms with E-state index in [-0.39, 0.29) is 11.6 Å². The number of carboxylic acids is 1. The minimum absolute atomic E-state index is 0.0561. The van der Waals surface area contributed by atoms with Crippen molar-refractivity contribution in [2.75, 3.05) is 38.0 Å². The molecule has 0 atom stereocenters. The Bertz CT molecular complexity index is 513. The second-order valence-corrected chi connectivity index (χ2v) is 5.03. The molecule has 0 radical (unpaired) electrons. The number of nitrogens with zero attached hydrogens (tertiary/aromatic N) is 3. The highest BCUT2D eigenvalue weighted by Crippen LogP contribution is 2.11. The van der Waals surface area contributed by atoms with Gasteiger partial charge in [-0.15, -0.1) is 0 Å². The Labute approximate surface area is 123 Å². The number of pyridine rings is 1. The quantitative estimate of drug-likeness (QED) is 0.874. The monoisotopic (exact) mass is 292 g/mol. The number of piperazine rings is 1. The van der Waals surface area contributed by atoms with Gasteiger partial charge >= 0.3 is 12.0 Å². The fourth-order valence-corrected chi connectivity index (χ4v) is 2.32. The van der Waals surface area contributed by atoms with Crippen molar-refractivity contribution in [3.8, 4) is 0 Å². The number of hydrogen-bond acceptors (Lipinski definition) is 4. The molecule has 0 bridgehead atoms. The van der Waals surface area contributed by atoms with Crippen LogP contribution in [0.4, 0.5) is 10.5 Å². The van der Waals surface area contributed by atoms with Gasteiger partial charge in [0.05, 0.1) is 17.4 Å². The largest absolute Gasteiger partial charge is 0.478 e. The van der Waals surface area contributed by atoms with E-state index in [1.54, 1.807) is 4.90 Å². The Balaban J connectivity index is 1.90. The summed E-state index contributed by atoms with van der Waals surface area (Å²) >= 11 is 0. The summed E-state index contributed by atoms with van der Waals surface area (Å²) in [5.74, 6) is -1.06. The number of aromatic carboxylic acids is 1. The number of nitrogens with one attached hydrogen (secondary N) is 1. The average molecular weight is 292 g/mol. The van der Waals surface area contributed by atoms with Crippen molar-refractivity contribution in [3.63, 3.8) is 0 Å². The smallest absolute Gasteiger partial charge is 0.337 e. The van der Waals surface area contributed by atoms with Gasteiger partial charge in [0.2, 0.25) is 0 Å². The first-order chi connectivity index (χ1) is 10.1. The first kappa shape index (κ1) is 15.2. The molecule has 0 aliphatic carbocycles. The molecule has 21 heavy (non-hydrogen) atoms. The van der Waals surface area contributed by atoms with Crippen LogP contribution in [0.15, 0.2) is 18.5 Å². The van der Waals surface area contributed by atoms with Crippen LogP contribution in [0.1, 0.15) is 23.7 Å². The normalized spacial score (nSPS) is 15.8. The molecule has 2 amide bonds. The van der Waals surface area contributed by atoms with Gasteiger partial charge < -0.3 is 15.3 Å². The maximum absolute atomic E-state index is 12.1. The number of anilines is 1. The third-order valence-electron chi connectivity index (χ3n) is 3.44. The fraction of sp³-hybridized carbons (Fsp3) is 0.500. The van der Waals surface area contributed by atoms with Gasteiger partial charge in [-0.2, -0.15) is 0 Å². The highest BCUT2D eigenvalue weighted by molar-refractivity contribution is 5.92. The first-order valence-electron chi connectivity index (χ1n) is 7.06. The average Bonchev–Trinajstić information content (AvgIpc) is 2.48. The SMILES string of the molecule is CCCN1CCN(C(=O)Nc2cncc(C(=O)O)c2)CC1. The lowest BCUT2D eigenvalue weighted by Crippen LogP contribution is -2.50. The zero-order valence-corrected chi connectivity index (χ0v) is 12.1. The highest BCUT2D eigenvalue weighted by Gasteiger charge is 2.20. The number of carboxylic acid groups (broad SMARTS) is 1. The third kappa shape index (κ3) is 4.16. The van der Waals surface area contributed by atoms with Gasteiger partial charge in [0, 0.05) is 32.4 Å². The number of rotatable bonds is 4. The summed E-state index contributed by atoms with van der Waals surface area (Å²) in [5.41, 5.74) is 0.455. The number of amides is 2. The molecule has 1 saturated heterocycles. The Hall–Kier alpha value is -2.15. The number of urea groups is 1. The minimum Gasteiger partial charge on any atom is -0.478 e. The molecule has 0 unspecified atom stereocenters. The van der Waals surface area contributed by atoms with Crippen LogP contribution in [0.5, 0.6) is 0 Å². The molecule has 1 aromatic rings. The van der Waals surface area contributed by atoms with Gasteiger partial charge in [-0.05, 0) is 19.0 Å². The lowest BCUT2D eigenvalue weighted by Gasteiger charge is -2.34. The van der Waals surface area contributed by atoms with E-state index in [2.05, 4.69) is 22.1 Å². The number of hydrogen-bond donors (Lipinski definition) is 2. The van der Waals surface area contributed by atoms with Crippen LogP contribution >= 0.6 is 0 Å². The molecule has 0 spiro atoms. The molecule has 0 aromatic carbocycles. The van der Waals surface area contributed by atoms with E-state index in [0.29, 0.717) is 18.8 Å². The van der Waals surface area contributed by atoms with Crippen LogP contribution in [0.3, 0.4) is 0 Å². The summed E-state index contributed by atoms with van der Waals surface area (Å²) < 4.78 is 0. The summed E-state index contributed by atoms with van der Waals surface area (Å²) in [6.07, 6.45) is 3.80. The Morgan fingerprint density at radius 2 is 2.00 bits per heavy atom.